The molecule has 41 heavy (non-hydrogen) atoms. The number of hydrogen-bond donors (Lipinski definition) is 1. The van der Waals surface area contributed by atoms with Gasteiger partial charge < -0.3 is 14.8 Å². The Balaban J connectivity index is 1.36. The van der Waals surface area contributed by atoms with Crippen molar-refractivity contribution in [3.63, 3.8) is 0 Å². The smallest absolute Gasteiger partial charge is 0.194 e. The third kappa shape index (κ3) is 5.05. The number of tetrazole rings is 1. The number of carbonyl (C=O) groups is 2. The van der Waals surface area contributed by atoms with Gasteiger partial charge in [-0.2, -0.15) is 4.68 Å². The van der Waals surface area contributed by atoms with Crippen LogP contribution >= 0.6 is 0 Å². The van der Waals surface area contributed by atoms with Crippen LogP contribution in [-0.2, 0) is 16.2 Å². The molecule has 0 unspecified atom stereocenters. The van der Waals surface area contributed by atoms with Gasteiger partial charge in [-0.1, -0.05) is 52.0 Å². The van der Waals surface area contributed by atoms with Crippen LogP contribution in [0.4, 0.5) is 0 Å². The number of methoxy groups -OCH3 is 1. The number of rotatable bonds is 6. The maximum absolute atomic E-state index is 13.6. The molecule has 0 atom stereocenters. The number of para-hydroxylation sites is 1. The summed E-state index contributed by atoms with van der Waals surface area (Å²) < 4.78 is 13.5. The Morgan fingerprint density at radius 3 is 2.12 bits per heavy atom. The Hall–Kier alpha value is -4.27. The molecular formula is C32H35N5O4. The fraction of sp³-hybridized carbons (Fsp3) is 0.406. The Morgan fingerprint density at radius 2 is 1.51 bits per heavy atom. The number of nitrogens with zero attached hydrogens (tertiary/aromatic N) is 4. The number of ketones is 2. The number of dihydropyridines is 1. The van der Waals surface area contributed by atoms with Gasteiger partial charge in [-0.05, 0) is 63.9 Å². The van der Waals surface area contributed by atoms with Crippen LogP contribution in [0.1, 0.15) is 70.7 Å². The van der Waals surface area contributed by atoms with Gasteiger partial charge in [0.15, 0.2) is 35.5 Å². The number of ether oxygens (including phenoxy) is 2. The summed E-state index contributed by atoms with van der Waals surface area (Å²) in [6, 6.07) is 15.3. The highest BCUT2D eigenvalue weighted by Crippen LogP contribution is 2.51. The SMILES string of the molecule is COc1cc(C2C3=C(CC(C)(C)CC3=O)NC3=C2C(=O)CC(C)(C)C3)ccc1OCc1nnnn1-c1ccccc1. The van der Waals surface area contributed by atoms with E-state index < -0.39 is 5.92 Å². The summed E-state index contributed by atoms with van der Waals surface area (Å²) in [5.41, 5.74) is 4.65. The molecule has 2 aliphatic carbocycles. The van der Waals surface area contributed by atoms with Crippen LogP contribution in [0, 0.1) is 10.8 Å². The van der Waals surface area contributed by atoms with Gasteiger partial charge in [0.25, 0.3) is 0 Å². The highest BCUT2D eigenvalue weighted by molar-refractivity contribution is 6.06. The van der Waals surface area contributed by atoms with E-state index in [1.807, 2.05) is 48.5 Å². The first-order valence-electron chi connectivity index (χ1n) is 14.0. The first-order valence-corrected chi connectivity index (χ1v) is 14.0. The lowest BCUT2D eigenvalue weighted by molar-refractivity contribution is -0.119. The summed E-state index contributed by atoms with van der Waals surface area (Å²) >= 11 is 0. The van der Waals surface area contributed by atoms with E-state index in [0.717, 1.165) is 35.5 Å². The number of Topliss-reactive ketones (excluding diaryl/α,β-unsaturated/α-hetero) is 2. The van der Waals surface area contributed by atoms with E-state index in [9.17, 15) is 9.59 Å². The van der Waals surface area contributed by atoms with Gasteiger partial charge in [-0.25, -0.2) is 0 Å². The maximum atomic E-state index is 13.6. The molecule has 0 saturated carbocycles. The molecule has 1 aliphatic heterocycles. The monoisotopic (exact) mass is 553 g/mol. The predicted octanol–water partition coefficient (Wildman–Crippen LogP) is 5.22. The predicted molar refractivity (Wildman–Crippen MR) is 152 cm³/mol. The lowest BCUT2D eigenvalue weighted by atomic mass is 9.64. The average Bonchev–Trinajstić information content (AvgIpc) is 3.38. The number of allylic oxidation sites excluding steroid dienone is 4. The van der Waals surface area contributed by atoms with Gasteiger partial charge in [0, 0.05) is 41.3 Å². The summed E-state index contributed by atoms with van der Waals surface area (Å²) in [6.07, 6.45) is 2.40. The minimum atomic E-state index is -0.443. The zero-order valence-electron chi connectivity index (χ0n) is 24.2. The molecule has 0 radical (unpaired) electrons. The maximum Gasteiger partial charge on any atom is 0.194 e. The fourth-order valence-corrected chi connectivity index (χ4v) is 6.41. The molecule has 2 heterocycles. The molecule has 0 bridgehead atoms. The zero-order valence-corrected chi connectivity index (χ0v) is 24.2. The average molecular weight is 554 g/mol. The highest BCUT2D eigenvalue weighted by Gasteiger charge is 2.46. The van der Waals surface area contributed by atoms with Crippen LogP contribution < -0.4 is 14.8 Å². The number of carbonyl (C=O) groups excluding carboxylic acids is 2. The molecule has 1 N–H and O–H groups in total. The van der Waals surface area contributed by atoms with Crippen LogP contribution in [0.2, 0.25) is 0 Å². The van der Waals surface area contributed by atoms with Crippen LogP contribution in [0.5, 0.6) is 11.5 Å². The summed E-state index contributed by atoms with van der Waals surface area (Å²) in [5.74, 6) is 1.30. The van der Waals surface area contributed by atoms with Gasteiger partial charge in [-0.3, -0.25) is 9.59 Å². The number of benzene rings is 2. The van der Waals surface area contributed by atoms with Crippen LogP contribution in [0.15, 0.2) is 71.1 Å². The van der Waals surface area contributed by atoms with Gasteiger partial charge in [0.05, 0.1) is 12.8 Å². The van der Waals surface area contributed by atoms with Crippen molar-refractivity contribution < 1.29 is 19.1 Å². The van der Waals surface area contributed by atoms with Crippen molar-refractivity contribution >= 4 is 11.6 Å². The molecule has 0 spiro atoms. The Labute approximate surface area is 239 Å². The van der Waals surface area contributed by atoms with E-state index in [0.29, 0.717) is 41.3 Å². The molecule has 1 aromatic heterocycles. The van der Waals surface area contributed by atoms with E-state index in [1.54, 1.807) is 11.8 Å². The summed E-state index contributed by atoms with van der Waals surface area (Å²) in [6.45, 7) is 8.60. The molecule has 9 heteroatoms. The molecule has 0 fully saturated rings. The van der Waals surface area contributed by atoms with E-state index in [1.165, 1.54) is 0 Å². The minimum absolute atomic E-state index is 0.0879. The van der Waals surface area contributed by atoms with Crippen molar-refractivity contribution in [3.05, 3.63) is 82.5 Å². The molecule has 9 nitrogen and oxygen atoms in total. The third-order valence-electron chi connectivity index (χ3n) is 8.13. The molecular weight excluding hydrogens is 518 g/mol. The molecule has 0 saturated heterocycles. The number of aromatic nitrogens is 4. The number of nitrogens with one attached hydrogen (secondary N) is 1. The normalized spacial score (nSPS) is 19.9. The van der Waals surface area contributed by atoms with E-state index in [2.05, 4.69) is 48.5 Å². The van der Waals surface area contributed by atoms with Crippen molar-refractivity contribution in [2.45, 2.75) is 65.9 Å². The van der Waals surface area contributed by atoms with Crippen molar-refractivity contribution in [1.29, 1.82) is 0 Å². The Morgan fingerprint density at radius 1 is 0.878 bits per heavy atom. The zero-order chi connectivity index (χ0) is 28.9. The quantitative estimate of drug-likeness (QED) is 0.443. The lowest BCUT2D eigenvalue weighted by Crippen LogP contribution is -2.42. The van der Waals surface area contributed by atoms with E-state index in [-0.39, 0.29) is 29.0 Å². The Kier molecular flexibility index (Phi) is 6.55. The molecule has 0 amide bonds. The number of hydrogen-bond acceptors (Lipinski definition) is 8. The van der Waals surface area contributed by atoms with Crippen LogP contribution in [0.25, 0.3) is 5.69 Å². The summed E-state index contributed by atoms with van der Waals surface area (Å²) in [7, 11) is 1.58. The molecule has 3 aliphatic rings. The standard InChI is InChI=1S/C32H35N5O4/c1-31(2)14-21-29(23(38)16-31)28(30-22(33-21)15-32(3,4)17-24(30)39)19-11-12-25(26(13-19)40-5)41-18-27-34-35-36-37(27)20-9-7-6-8-10-20/h6-13,28,33H,14-18H2,1-5H3. The van der Waals surface area contributed by atoms with Gasteiger partial charge in [0.1, 0.15) is 0 Å². The second kappa shape index (κ2) is 9.98. The van der Waals surface area contributed by atoms with Crippen molar-refractivity contribution in [1.82, 2.24) is 25.5 Å². The second-order valence-corrected chi connectivity index (χ2v) is 12.8. The molecule has 3 aromatic rings. The van der Waals surface area contributed by atoms with E-state index >= 15 is 0 Å². The molecule has 2 aromatic carbocycles. The highest BCUT2D eigenvalue weighted by atomic mass is 16.5. The fourth-order valence-electron chi connectivity index (χ4n) is 6.41. The largest absolute Gasteiger partial charge is 0.493 e. The third-order valence-corrected chi connectivity index (χ3v) is 8.13. The van der Waals surface area contributed by atoms with Gasteiger partial charge in [-0.15, -0.1) is 5.10 Å². The summed E-state index contributed by atoms with van der Waals surface area (Å²) in [5, 5.41) is 15.6. The molecule has 6 rings (SSSR count). The van der Waals surface area contributed by atoms with Crippen LogP contribution in [-0.4, -0.2) is 38.9 Å². The second-order valence-electron chi connectivity index (χ2n) is 12.8. The molecule has 212 valence electrons. The van der Waals surface area contributed by atoms with Crippen molar-refractivity contribution in [2.75, 3.05) is 7.11 Å². The van der Waals surface area contributed by atoms with Crippen molar-refractivity contribution in [2.24, 2.45) is 10.8 Å². The summed E-state index contributed by atoms with van der Waals surface area (Å²) in [4.78, 5) is 27.3. The van der Waals surface area contributed by atoms with Gasteiger partial charge >= 0.3 is 0 Å². The topological polar surface area (TPSA) is 108 Å². The lowest BCUT2D eigenvalue weighted by Gasteiger charge is -2.44. The van der Waals surface area contributed by atoms with Gasteiger partial charge in [0.2, 0.25) is 0 Å². The van der Waals surface area contributed by atoms with Crippen molar-refractivity contribution in [3.8, 4) is 17.2 Å². The first-order chi connectivity index (χ1) is 19.5. The first kappa shape index (κ1) is 26.9. The van der Waals surface area contributed by atoms with Crippen LogP contribution in [0.3, 0.4) is 0 Å². The Bertz CT molecular complexity index is 1550. The van der Waals surface area contributed by atoms with E-state index in [4.69, 9.17) is 9.47 Å². The minimum Gasteiger partial charge on any atom is -0.493 e.